The Bertz CT molecular complexity index is 617. The number of carbonyl (C=O) groups excluding carboxylic acids is 2. The molecule has 1 saturated heterocycles. The molecule has 1 aromatic carbocycles. The molecule has 5 heteroatoms. The Hall–Kier alpha value is -1.88. The molecule has 26 heavy (non-hydrogen) atoms. The maximum absolute atomic E-state index is 12.9. The van der Waals surface area contributed by atoms with Gasteiger partial charge in [0, 0.05) is 26.2 Å². The van der Waals surface area contributed by atoms with E-state index in [-0.39, 0.29) is 11.8 Å². The number of carbonyl (C=O) groups is 2. The van der Waals surface area contributed by atoms with Crippen molar-refractivity contribution < 1.29 is 9.59 Å². The minimum absolute atomic E-state index is 0.0537. The number of piperidine rings is 1. The van der Waals surface area contributed by atoms with Crippen LogP contribution in [0.15, 0.2) is 30.3 Å². The van der Waals surface area contributed by atoms with Gasteiger partial charge in [0.25, 0.3) is 0 Å². The highest BCUT2D eigenvalue weighted by Crippen LogP contribution is 2.48. The van der Waals surface area contributed by atoms with E-state index in [2.05, 4.69) is 29.6 Å². The topological polar surface area (TPSA) is 52.7 Å². The fourth-order valence-electron chi connectivity index (χ4n) is 3.82. The van der Waals surface area contributed by atoms with Crippen LogP contribution in [0.5, 0.6) is 0 Å². The van der Waals surface area contributed by atoms with Gasteiger partial charge in [-0.15, -0.1) is 0 Å². The second kappa shape index (κ2) is 8.21. The number of hydrogen-bond acceptors (Lipinski definition) is 3. The molecular weight excluding hydrogens is 326 g/mol. The highest BCUT2D eigenvalue weighted by molar-refractivity contribution is 6.07. The van der Waals surface area contributed by atoms with Crippen molar-refractivity contribution >= 4 is 11.8 Å². The van der Waals surface area contributed by atoms with Crippen LogP contribution in [0.2, 0.25) is 0 Å². The van der Waals surface area contributed by atoms with Crippen molar-refractivity contribution in [2.45, 2.75) is 32.1 Å². The maximum atomic E-state index is 12.9. The third kappa shape index (κ3) is 4.44. The van der Waals surface area contributed by atoms with Gasteiger partial charge in [0.2, 0.25) is 11.8 Å². The van der Waals surface area contributed by atoms with Gasteiger partial charge in [-0.25, -0.2) is 0 Å². The summed E-state index contributed by atoms with van der Waals surface area (Å²) in [4.78, 5) is 29.4. The lowest BCUT2D eigenvalue weighted by atomic mass is 9.89. The SMILES string of the molecule is CN(C)CCNC(=O)C1(C(=O)N2CCC(Cc3ccccc3)CC2)CC1. The van der Waals surface area contributed by atoms with Crippen molar-refractivity contribution in [3.8, 4) is 0 Å². The zero-order chi connectivity index (χ0) is 18.6. The highest BCUT2D eigenvalue weighted by Gasteiger charge is 2.58. The zero-order valence-electron chi connectivity index (χ0n) is 16.0. The molecule has 0 radical (unpaired) electrons. The van der Waals surface area contributed by atoms with Crippen LogP contribution < -0.4 is 5.32 Å². The molecule has 3 rings (SSSR count). The summed E-state index contributed by atoms with van der Waals surface area (Å²) in [5.41, 5.74) is 0.606. The van der Waals surface area contributed by atoms with Gasteiger partial charge in [-0.3, -0.25) is 9.59 Å². The van der Waals surface area contributed by atoms with Crippen LogP contribution in [0, 0.1) is 11.3 Å². The highest BCUT2D eigenvalue weighted by atomic mass is 16.2. The van der Waals surface area contributed by atoms with E-state index in [1.165, 1.54) is 5.56 Å². The van der Waals surface area contributed by atoms with E-state index in [0.29, 0.717) is 25.3 Å². The number of rotatable bonds is 7. The second-order valence-electron chi connectivity index (χ2n) is 8.07. The zero-order valence-corrected chi connectivity index (χ0v) is 16.0. The molecular formula is C21H31N3O2. The predicted molar refractivity (Wildman–Crippen MR) is 103 cm³/mol. The largest absolute Gasteiger partial charge is 0.354 e. The van der Waals surface area contributed by atoms with Crippen LogP contribution in [0.25, 0.3) is 0 Å². The van der Waals surface area contributed by atoms with Crippen molar-refractivity contribution in [3.63, 3.8) is 0 Å². The first kappa shape index (κ1) is 18.9. The van der Waals surface area contributed by atoms with Crippen LogP contribution in [0.1, 0.15) is 31.2 Å². The number of nitrogens with one attached hydrogen (secondary N) is 1. The molecule has 2 amide bonds. The summed E-state index contributed by atoms with van der Waals surface area (Å²) in [6, 6.07) is 10.6. The van der Waals surface area contributed by atoms with Gasteiger partial charge in [-0.05, 0) is 57.7 Å². The first-order valence-electron chi connectivity index (χ1n) is 9.77. The van der Waals surface area contributed by atoms with Gasteiger partial charge < -0.3 is 15.1 Å². The van der Waals surface area contributed by atoms with Gasteiger partial charge in [-0.1, -0.05) is 30.3 Å². The fourth-order valence-corrected chi connectivity index (χ4v) is 3.82. The Morgan fingerprint density at radius 3 is 2.38 bits per heavy atom. The maximum Gasteiger partial charge on any atom is 0.238 e. The van der Waals surface area contributed by atoms with Gasteiger partial charge >= 0.3 is 0 Å². The van der Waals surface area contributed by atoms with E-state index in [4.69, 9.17) is 0 Å². The average molecular weight is 357 g/mol. The first-order chi connectivity index (χ1) is 12.5. The second-order valence-corrected chi connectivity index (χ2v) is 8.07. The normalized spacial score (nSPS) is 19.4. The van der Waals surface area contributed by atoms with Crippen LogP contribution in [-0.4, -0.2) is 61.9 Å². The minimum Gasteiger partial charge on any atom is -0.354 e. The Balaban J connectivity index is 1.48. The number of hydrogen-bond donors (Lipinski definition) is 1. The van der Waals surface area contributed by atoms with E-state index in [1.54, 1.807) is 0 Å². The molecule has 1 N–H and O–H groups in total. The number of nitrogens with zero attached hydrogens (tertiary/aromatic N) is 2. The summed E-state index contributed by atoms with van der Waals surface area (Å²) in [6.07, 6.45) is 4.53. The molecule has 0 spiro atoms. The summed E-state index contributed by atoms with van der Waals surface area (Å²) < 4.78 is 0. The molecule has 0 unspecified atom stereocenters. The number of likely N-dealkylation sites (tertiary alicyclic amines) is 1. The molecule has 5 nitrogen and oxygen atoms in total. The van der Waals surface area contributed by atoms with Crippen LogP contribution >= 0.6 is 0 Å². The Kier molecular flexibility index (Phi) is 5.97. The van der Waals surface area contributed by atoms with Crippen molar-refractivity contribution in [3.05, 3.63) is 35.9 Å². The van der Waals surface area contributed by atoms with Crippen molar-refractivity contribution in [1.29, 1.82) is 0 Å². The van der Waals surface area contributed by atoms with Gasteiger partial charge in [0.15, 0.2) is 0 Å². The molecule has 1 aliphatic carbocycles. The molecule has 1 saturated carbocycles. The quantitative estimate of drug-likeness (QED) is 0.759. The summed E-state index contributed by atoms with van der Waals surface area (Å²) in [6.45, 7) is 2.95. The van der Waals surface area contributed by atoms with E-state index >= 15 is 0 Å². The van der Waals surface area contributed by atoms with Crippen molar-refractivity contribution in [1.82, 2.24) is 15.1 Å². The van der Waals surface area contributed by atoms with E-state index in [9.17, 15) is 9.59 Å². The van der Waals surface area contributed by atoms with E-state index < -0.39 is 5.41 Å². The number of benzene rings is 1. The van der Waals surface area contributed by atoms with Crippen molar-refractivity contribution in [2.75, 3.05) is 40.3 Å². The minimum atomic E-state index is -0.765. The molecule has 2 fully saturated rings. The fraction of sp³-hybridized carbons (Fsp3) is 0.619. The van der Waals surface area contributed by atoms with Crippen molar-refractivity contribution in [2.24, 2.45) is 11.3 Å². The van der Waals surface area contributed by atoms with Gasteiger partial charge in [-0.2, -0.15) is 0 Å². The Labute approximate surface area is 156 Å². The lowest BCUT2D eigenvalue weighted by molar-refractivity contribution is -0.145. The Morgan fingerprint density at radius 2 is 1.81 bits per heavy atom. The molecule has 1 aromatic rings. The summed E-state index contributed by atoms with van der Waals surface area (Å²) >= 11 is 0. The van der Waals surface area contributed by atoms with Gasteiger partial charge in [0.05, 0.1) is 0 Å². The summed E-state index contributed by atoms with van der Waals surface area (Å²) in [5.74, 6) is 0.610. The van der Waals surface area contributed by atoms with E-state index in [1.807, 2.05) is 30.0 Å². The van der Waals surface area contributed by atoms with Gasteiger partial charge in [0.1, 0.15) is 5.41 Å². The lowest BCUT2D eigenvalue weighted by Crippen LogP contribution is -2.48. The monoisotopic (exact) mass is 357 g/mol. The molecule has 2 aliphatic rings. The predicted octanol–water partition coefficient (Wildman–Crippen LogP) is 1.93. The molecule has 0 aromatic heterocycles. The van der Waals surface area contributed by atoms with E-state index in [0.717, 1.165) is 38.9 Å². The average Bonchev–Trinajstić information content (AvgIpc) is 3.44. The van der Waals surface area contributed by atoms with Crippen LogP contribution in [-0.2, 0) is 16.0 Å². The smallest absolute Gasteiger partial charge is 0.238 e. The summed E-state index contributed by atoms with van der Waals surface area (Å²) in [7, 11) is 3.95. The van der Waals surface area contributed by atoms with Crippen LogP contribution in [0.4, 0.5) is 0 Å². The van der Waals surface area contributed by atoms with Crippen LogP contribution in [0.3, 0.4) is 0 Å². The standard InChI is InChI=1S/C21H31N3O2/c1-23(2)15-12-22-19(25)21(10-11-21)20(26)24-13-8-18(9-14-24)16-17-6-4-3-5-7-17/h3-7,18H,8-16H2,1-2H3,(H,22,25). The number of amides is 2. The third-order valence-corrected chi connectivity index (χ3v) is 5.71. The molecule has 0 atom stereocenters. The Morgan fingerprint density at radius 1 is 1.15 bits per heavy atom. The number of likely N-dealkylation sites (N-methyl/N-ethyl adjacent to an activating group) is 1. The molecule has 1 heterocycles. The molecule has 1 aliphatic heterocycles. The molecule has 0 bridgehead atoms. The summed E-state index contributed by atoms with van der Waals surface area (Å²) in [5, 5.41) is 2.95. The first-order valence-corrected chi connectivity index (χ1v) is 9.77. The third-order valence-electron chi connectivity index (χ3n) is 5.71. The lowest BCUT2D eigenvalue weighted by Gasteiger charge is -2.34. The molecule has 142 valence electrons.